The number of aromatic nitrogens is 2. The number of amides is 1. The number of carboxylic acids is 1. The third-order valence-corrected chi connectivity index (χ3v) is 5.66. The molecular weight excluding hydrogens is 482 g/mol. The molecule has 0 bridgehead atoms. The number of aromatic carboxylic acids is 1. The lowest BCUT2D eigenvalue weighted by atomic mass is 10.1. The van der Waals surface area contributed by atoms with Gasteiger partial charge < -0.3 is 14.7 Å². The first-order valence-electron chi connectivity index (χ1n) is 9.87. The maximum absolute atomic E-state index is 13.3. The van der Waals surface area contributed by atoms with Crippen molar-refractivity contribution in [3.8, 4) is 11.4 Å². The molecule has 7 nitrogen and oxygen atoms in total. The quantitative estimate of drug-likeness (QED) is 0.509. The Morgan fingerprint density at radius 2 is 1.82 bits per heavy atom. The molecule has 0 saturated heterocycles. The van der Waals surface area contributed by atoms with Crippen molar-refractivity contribution in [2.45, 2.75) is 32.3 Å². The number of fused-ring (bicyclic) bond motifs is 1. The molecule has 4 rings (SSSR count). The average molecular weight is 498 g/mol. The van der Waals surface area contributed by atoms with Crippen molar-refractivity contribution < 1.29 is 37.0 Å². The fourth-order valence-corrected chi connectivity index (χ4v) is 3.78. The van der Waals surface area contributed by atoms with E-state index in [1.54, 1.807) is 6.20 Å². The SMILES string of the molecule is CC(Oc1ccc(C(=O)O)c(Cl)c1C(=O)N1Cc2cn(-c3ccc(F)cc3)nc2C1)C(F)(F)F. The monoisotopic (exact) mass is 497 g/mol. The first-order chi connectivity index (χ1) is 16.0. The highest BCUT2D eigenvalue weighted by Gasteiger charge is 2.40. The molecule has 1 aliphatic rings. The van der Waals surface area contributed by atoms with E-state index in [0.29, 0.717) is 16.9 Å². The van der Waals surface area contributed by atoms with Gasteiger partial charge in [-0.1, -0.05) is 11.6 Å². The first-order valence-corrected chi connectivity index (χ1v) is 10.2. The third kappa shape index (κ3) is 4.43. The molecule has 1 amide bonds. The van der Waals surface area contributed by atoms with Crippen molar-refractivity contribution in [1.29, 1.82) is 0 Å². The van der Waals surface area contributed by atoms with Gasteiger partial charge in [0.15, 0.2) is 6.10 Å². The number of carbonyl (C=O) groups is 2. The van der Waals surface area contributed by atoms with Crippen LogP contribution in [0.25, 0.3) is 5.69 Å². The van der Waals surface area contributed by atoms with Crippen molar-refractivity contribution in [3.05, 3.63) is 75.8 Å². The van der Waals surface area contributed by atoms with Gasteiger partial charge in [0, 0.05) is 18.3 Å². The van der Waals surface area contributed by atoms with Crippen LogP contribution in [0.15, 0.2) is 42.6 Å². The van der Waals surface area contributed by atoms with Crippen LogP contribution in [0.3, 0.4) is 0 Å². The fraction of sp³-hybridized carbons (Fsp3) is 0.227. The minimum absolute atomic E-state index is 0.00422. The smallest absolute Gasteiger partial charge is 0.425 e. The third-order valence-electron chi connectivity index (χ3n) is 5.27. The van der Waals surface area contributed by atoms with Crippen LogP contribution >= 0.6 is 11.6 Å². The summed E-state index contributed by atoms with van der Waals surface area (Å²) in [5.41, 5.74) is 0.857. The molecule has 1 N–H and O–H groups in total. The molecule has 0 spiro atoms. The molecule has 1 aliphatic heterocycles. The van der Waals surface area contributed by atoms with Crippen LogP contribution in [0.5, 0.6) is 5.75 Å². The summed E-state index contributed by atoms with van der Waals surface area (Å²) in [6.45, 7) is 0.818. The van der Waals surface area contributed by atoms with E-state index in [0.717, 1.165) is 19.1 Å². The average Bonchev–Trinajstić information content (AvgIpc) is 3.32. The van der Waals surface area contributed by atoms with Crippen LogP contribution in [-0.4, -0.2) is 43.9 Å². The van der Waals surface area contributed by atoms with Gasteiger partial charge >= 0.3 is 12.1 Å². The van der Waals surface area contributed by atoms with E-state index >= 15 is 0 Å². The molecule has 1 atom stereocenters. The van der Waals surface area contributed by atoms with E-state index < -0.39 is 51.9 Å². The predicted octanol–water partition coefficient (Wildman–Crippen LogP) is 4.85. The van der Waals surface area contributed by atoms with E-state index in [-0.39, 0.29) is 13.1 Å². The molecular formula is C22H16ClF4N3O4. The number of halogens is 5. The number of carboxylic acid groups (broad SMARTS) is 1. The minimum Gasteiger partial charge on any atom is -0.480 e. The highest BCUT2D eigenvalue weighted by atomic mass is 35.5. The zero-order valence-electron chi connectivity index (χ0n) is 17.4. The summed E-state index contributed by atoms with van der Waals surface area (Å²) in [7, 11) is 0. The second-order valence-electron chi connectivity index (χ2n) is 7.59. The van der Waals surface area contributed by atoms with Gasteiger partial charge in [0.25, 0.3) is 5.91 Å². The van der Waals surface area contributed by atoms with E-state index in [4.69, 9.17) is 16.3 Å². The van der Waals surface area contributed by atoms with E-state index in [1.807, 2.05) is 0 Å². The number of hydrogen-bond donors (Lipinski definition) is 1. The Kier molecular flexibility index (Phi) is 5.98. The summed E-state index contributed by atoms with van der Waals surface area (Å²) < 4.78 is 58.7. The van der Waals surface area contributed by atoms with Crippen LogP contribution in [0, 0.1) is 5.82 Å². The zero-order chi connectivity index (χ0) is 24.8. The number of rotatable bonds is 5. The molecule has 0 saturated carbocycles. The molecule has 1 unspecified atom stereocenters. The van der Waals surface area contributed by atoms with Gasteiger partial charge in [-0.05, 0) is 43.3 Å². The van der Waals surface area contributed by atoms with Gasteiger partial charge in [0.2, 0.25) is 0 Å². The highest BCUT2D eigenvalue weighted by Crippen LogP contribution is 2.36. The maximum Gasteiger partial charge on any atom is 0.425 e. The van der Waals surface area contributed by atoms with Gasteiger partial charge in [-0.25, -0.2) is 13.9 Å². The molecule has 0 aliphatic carbocycles. The molecule has 0 radical (unpaired) electrons. The summed E-state index contributed by atoms with van der Waals surface area (Å²) in [6.07, 6.45) is -5.33. The largest absolute Gasteiger partial charge is 0.480 e. The Hall–Kier alpha value is -3.60. The normalized spacial score (nSPS) is 14.1. The summed E-state index contributed by atoms with van der Waals surface area (Å²) in [4.78, 5) is 26.0. The van der Waals surface area contributed by atoms with Crippen LogP contribution in [0.1, 0.15) is 38.9 Å². The topological polar surface area (TPSA) is 84.7 Å². The second-order valence-corrected chi connectivity index (χ2v) is 7.97. The molecule has 1 aromatic heterocycles. The Bertz CT molecular complexity index is 1250. The summed E-state index contributed by atoms with van der Waals surface area (Å²) in [5.74, 6) is -3.14. The van der Waals surface area contributed by atoms with Crippen LogP contribution in [-0.2, 0) is 13.1 Å². The molecule has 34 heavy (non-hydrogen) atoms. The van der Waals surface area contributed by atoms with E-state index in [2.05, 4.69) is 5.10 Å². The van der Waals surface area contributed by atoms with Gasteiger partial charge in [-0.2, -0.15) is 18.3 Å². The maximum atomic E-state index is 13.3. The van der Waals surface area contributed by atoms with Gasteiger partial charge in [0.1, 0.15) is 17.1 Å². The number of alkyl halides is 3. The Balaban J connectivity index is 1.63. The number of ether oxygens (including phenoxy) is 1. The first kappa shape index (κ1) is 23.6. The van der Waals surface area contributed by atoms with Crippen LogP contribution < -0.4 is 4.74 Å². The zero-order valence-corrected chi connectivity index (χ0v) is 18.2. The molecule has 3 aromatic rings. The van der Waals surface area contributed by atoms with E-state index in [9.17, 15) is 32.3 Å². The lowest BCUT2D eigenvalue weighted by Crippen LogP contribution is -2.33. The lowest BCUT2D eigenvalue weighted by Gasteiger charge is -2.23. The molecule has 2 aromatic carbocycles. The van der Waals surface area contributed by atoms with Crippen LogP contribution in [0.2, 0.25) is 5.02 Å². The number of nitrogens with zero attached hydrogens (tertiary/aromatic N) is 3. The Morgan fingerprint density at radius 3 is 2.41 bits per heavy atom. The minimum atomic E-state index is -4.72. The number of hydrogen-bond acceptors (Lipinski definition) is 4. The van der Waals surface area contributed by atoms with Crippen LogP contribution in [0.4, 0.5) is 17.6 Å². The Labute approximate surface area is 195 Å². The van der Waals surface area contributed by atoms with Crippen molar-refractivity contribution in [2.24, 2.45) is 0 Å². The predicted molar refractivity (Wildman–Crippen MR) is 112 cm³/mol. The van der Waals surface area contributed by atoms with Gasteiger partial charge in [-0.15, -0.1) is 0 Å². The second kappa shape index (κ2) is 8.64. The summed E-state index contributed by atoms with van der Waals surface area (Å²) in [5, 5.41) is 13.2. The molecule has 2 heterocycles. The highest BCUT2D eigenvalue weighted by molar-refractivity contribution is 6.37. The molecule has 178 valence electrons. The van der Waals surface area contributed by atoms with E-state index in [1.165, 1.54) is 33.8 Å². The Morgan fingerprint density at radius 1 is 1.15 bits per heavy atom. The lowest BCUT2D eigenvalue weighted by molar-refractivity contribution is -0.189. The number of carbonyl (C=O) groups excluding carboxylic acids is 1. The fourth-order valence-electron chi connectivity index (χ4n) is 3.46. The summed E-state index contributed by atoms with van der Waals surface area (Å²) >= 11 is 6.14. The molecule has 0 fully saturated rings. The van der Waals surface area contributed by atoms with Crippen molar-refractivity contribution >= 4 is 23.5 Å². The van der Waals surface area contributed by atoms with Crippen molar-refractivity contribution in [3.63, 3.8) is 0 Å². The van der Waals surface area contributed by atoms with Gasteiger partial charge in [-0.3, -0.25) is 4.79 Å². The van der Waals surface area contributed by atoms with Crippen molar-refractivity contribution in [2.75, 3.05) is 0 Å². The van der Waals surface area contributed by atoms with Gasteiger partial charge in [0.05, 0.1) is 28.5 Å². The van der Waals surface area contributed by atoms with Crippen molar-refractivity contribution in [1.82, 2.24) is 14.7 Å². The summed E-state index contributed by atoms with van der Waals surface area (Å²) in [6, 6.07) is 7.57. The number of benzene rings is 2. The standard InChI is InChI=1S/C22H16ClF4N3O4/c1-11(22(25,26)27)34-17-7-6-15(21(32)33)19(23)18(17)20(31)29-8-12-9-30(28-16(12)10-29)14-4-2-13(24)3-5-14/h2-7,9,11H,8,10H2,1H3,(H,32,33). The molecule has 12 heteroatoms.